The predicted octanol–water partition coefficient (Wildman–Crippen LogP) is 2.48. The molecule has 0 bridgehead atoms. The lowest BCUT2D eigenvalue weighted by Crippen LogP contribution is -2.19. The van der Waals surface area contributed by atoms with Gasteiger partial charge in [-0.05, 0) is 26.3 Å². The Kier molecular flexibility index (Phi) is 3.74. The van der Waals surface area contributed by atoms with E-state index in [1.807, 2.05) is 0 Å². The summed E-state index contributed by atoms with van der Waals surface area (Å²) in [5.74, 6) is -2.71. The fourth-order valence-corrected chi connectivity index (χ4v) is 1.75. The second-order valence-electron chi connectivity index (χ2n) is 4.45. The molecule has 0 aliphatic carbocycles. The molecule has 4 nitrogen and oxygen atoms in total. The molecular formula is C13H15FO4. The standard InChI is InChI=1S/C13H15FO4/c1-7-5-6-8(13(2,3)14)11(18-4)9(7)10(15)12(16)17/h5-6H,1-4H3,(H,16,17). The number of hydrogen-bond donors (Lipinski definition) is 1. The summed E-state index contributed by atoms with van der Waals surface area (Å²) in [5, 5.41) is 8.77. The number of carboxylic acid groups (broad SMARTS) is 1. The van der Waals surface area contributed by atoms with Crippen LogP contribution in [-0.2, 0) is 10.5 Å². The van der Waals surface area contributed by atoms with Gasteiger partial charge in [-0.2, -0.15) is 0 Å². The molecule has 0 aromatic heterocycles. The summed E-state index contributed by atoms with van der Waals surface area (Å²) in [4.78, 5) is 22.4. The molecule has 0 radical (unpaired) electrons. The molecule has 18 heavy (non-hydrogen) atoms. The first-order valence-corrected chi connectivity index (χ1v) is 5.34. The number of rotatable bonds is 4. The van der Waals surface area contributed by atoms with E-state index in [1.165, 1.54) is 33.1 Å². The zero-order valence-electron chi connectivity index (χ0n) is 10.7. The average molecular weight is 254 g/mol. The Morgan fingerprint density at radius 3 is 2.28 bits per heavy atom. The minimum Gasteiger partial charge on any atom is -0.496 e. The number of aliphatic carboxylic acids is 1. The molecule has 0 saturated heterocycles. The lowest BCUT2D eigenvalue weighted by Gasteiger charge is -2.21. The van der Waals surface area contributed by atoms with Gasteiger partial charge >= 0.3 is 5.97 Å². The maximum absolute atomic E-state index is 14.0. The molecule has 0 unspecified atom stereocenters. The first-order chi connectivity index (χ1) is 8.20. The predicted molar refractivity (Wildman–Crippen MR) is 63.8 cm³/mol. The van der Waals surface area contributed by atoms with Crippen LogP contribution in [0.2, 0.25) is 0 Å². The molecule has 0 amide bonds. The molecule has 0 spiro atoms. The second-order valence-corrected chi connectivity index (χ2v) is 4.45. The van der Waals surface area contributed by atoms with E-state index in [2.05, 4.69) is 0 Å². The van der Waals surface area contributed by atoms with Gasteiger partial charge in [0.25, 0.3) is 5.78 Å². The van der Waals surface area contributed by atoms with Crippen molar-refractivity contribution in [2.75, 3.05) is 7.11 Å². The van der Waals surface area contributed by atoms with E-state index in [9.17, 15) is 14.0 Å². The molecule has 0 aliphatic heterocycles. The highest BCUT2D eigenvalue weighted by atomic mass is 19.1. The number of alkyl halides is 1. The molecule has 0 heterocycles. The zero-order valence-corrected chi connectivity index (χ0v) is 10.7. The Morgan fingerprint density at radius 1 is 1.33 bits per heavy atom. The van der Waals surface area contributed by atoms with Gasteiger partial charge in [-0.25, -0.2) is 9.18 Å². The number of ketones is 1. The maximum atomic E-state index is 14.0. The van der Waals surface area contributed by atoms with Gasteiger partial charge in [-0.1, -0.05) is 12.1 Å². The van der Waals surface area contributed by atoms with Crippen molar-refractivity contribution >= 4 is 11.8 Å². The van der Waals surface area contributed by atoms with Crippen molar-refractivity contribution in [2.24, 2.45) is 0 Å². The first kappa shape index (κ1) is 14.2. The van der Waals surface area contributed by atoms with E-state index in [-0.39, 0.29) is 16.9 Å². The molecule has 1 N–H and O–H groups in total. The highest BCUT2D eigenvalue weighted by Gasteiger charge is 2.30. The number of carbonyl (C=O) groups is 2. The van der Waals surface area contributed by atoms with Crippen LogP contribution >= 0.6 is 0 Å². The van der Waals surface area contributed by atoms with Crippen LogP contribution in [-0.4, -0.2) is 24.0 Å². The topological polar surface area (TPSA) is 63.6 Å². The Balaban J connectivity index is 3.60. The SMILES string of the molecule is COc1c(C(C)(C)F)ccc(C)c1C(=O)C(=O)O. The van der Waals surface area contributed by atoms with Gasteiger partial charge in [0.05, 0.1) is 12.7 Å². The summed E-state index contributed by atoms with van der Waals surface area (Å²) in [5.41, 5.74) is -1.24. The number of methoxy groups -OCH3 is 1. The van der Waals surface area contributed by atoms with Crippen molar-refractivity contribution in [3.63, 3.8) is 0 Å². The van der Waals surface area contributed by atoms with Gasteiger partial charge in [0.2, 0.25) is 0 Å². The van der Waals surface area contributed by atoms with Crippen LogP contribution in [0.5, 0.6) is 5.75 Å². The number of benzene rings is 1. The Bertz CT molecular complexity index is 500. The van der Waals surface area contributed by atoms with E-state index < -0.39 is 17.4 Å². The fourth-order valence-electron chi connectivity index (χ4n) is 1.75. The van der Waals surface area contributed by atoms with E-state index in [0.717, 1.165) is 0 Å². The maximum Gasteiger partial charge on any atom is 0.377 e. The van der Waals surface area contributed by atoms with Gasteiger partial charge in [0, 0.05) is 5.56 Å². The van der Waals surface area contributed by atoms with Gasteiger partial charge in [-0.3, -0.25) is 4.79 Å². The number of carbonyl (C=O) groups excluding carboxylic acids is 1. The summed E-state index contributed by atoms with van der Waals surface area (Å²) >= 11 is 0. The van der Waals surface area contributed by atoms with Crippen molar-refractivity contribution in [1.82, 2.24) is 0 Å². The van der Waals surface area contributed by atoms with Crippen LogP contribution < -0.4 is 4.74 Å². The van der Waals surface area contributed by atoms with Crippen LogP contribution in [0.15, 0.2) is 12.1 Å². The van der Waals surface area contributed by atoms with Gasteiger partial charge in [-0.15, -0.1) is 0 Å². The van der Waals surface area contributed by atoms with Crippen molar-refractivity contribution in [3.8, 4) is 5.75 Å². The number of aryl methyl sites for hydroxylation is 1. The van der Waals surface area contributed by atoms with E-state index in [0.29, 0.717) is 5.56 Å². The van der Waals surface area contributed by atoms with Gasteiger partial charge < -0.3 is 9.84 Å². The molecule has 0 fully saturated rings. The third-order valence-electron chi connectivity index (χ3n) is 2.63. The van der Waals surface area contributed by atoms with Crippen LogP contribution in [0.3, 0.4) is 0 Å². The van der Waals surface area contributed by atoms with Crippen LogP contribution in [0.1, 0.15) is 35.3 Å². The molecule has 5 heteroatoms. The van der Waals surface area contributed by atoms with Crippen molar-refractivity contribution in [1.29, 1.82) is 0 Å². The average Bonchev–Trinajstić information content (AvgIpc) is 2.25. The van der Waals surface area contributed by atoms with Crippen molar-refractivity contribution in [3.05, 3.63) is 28.8 Å². The summed E-state index contributed by atoms with van der Waals surface area (Å²) < 4.78 is 19.0. The molecule has 1 aromatic carbocycles. The highest BCUT2D eigenvalue weighted by molar-refractivity contribution is 6.41. The number of halogens is 1. The minimum atomic E-state index is -1.73. The van der Waals surface area contributed by atoms with Crippen molar-refractivity contribution in [2.45, 2.75) is 26.4 Å². The molecule has 0 atom stereocenters. The molecule has 1 rings (SSSR count). The van der Waals surface area contributed by atoms with E-state index >= 15 is 0 Å². The summed E-state index contributed by atoms with van der Waals surface area (Å²) in [6, 6.07) is 3.00. The first-order valence-electron chi connectivity index (χ1n) is 5.34. The molecular weight excluding hydrogens is 239 g/mol. The van der Waals surface area contributed by atoms with Crippen LogP contribution in [0.25, 0.3) is 0 Å². The number of ether oxygens (including phenoxy) is 1. The van der Waals surface area contributed by atoms with Crippen molar-refractivity contribution < 1.29 is 23.8 Å². The van der Waals surface area contributed by atoms with E-state index in [4.69, 9.17) is 9.84 Å². The molecule has 0 saturated carbocycles. The lowest BCUT2D eigenvalue weighted by molar-refractivity contribution is -0.131. The molecule has 0 aliphatic rings. The third-order valence-corrected chi connectivity index (χ3v) is 2.63. The third kappa shape index (κ3) is 2.50. The smallest absolute Gasteiger partial charge is 0.377 e. The van der Waals surface area contributed by atoms with Crippen LogP contribution in [0.4, 0.5) is 4.39 Å². The molecule has 1 aromatic rings. The van der Waals surface area contributed by atoms with Gasteiger partial charge in [0.15, 0.2) is 0 Å². The monoisotopic (exact) mass is 254 g/mol. The normalized spacial score (nSPS) is 11.2. The fraction of sp³-hybridized carbons (Fsp3) is 0.385. The summed E-state index contributed by atoms with van der Waals surface area (Å²) in [7, 11) is 1.28. The highest BCUT2D eigenvalue weighted by Crippen LogP contribution is 2.36. The summed E-state index contributed by atoms with van der Waals surface area (Å²) in [6.07, 6.45) is 0. The summed E-state index contributed by atoms with van der Waals surface area (Å²) in [6.45, 7) is 4.21. The Labute approximate surface area is 104 Å². The zero-order chi connectivity index (χ0) is 14.1. The largest absolute Gasteiger partial charge is 0.496 e. The quantitative estimate of drug-likeness (QED) is 0.662. The second kappa shape index (κ2) is 4.76. The molecule has 98 valence electrons. The Morgan fingerprint density at radius 2 is 1.89 bits per heavy atom. The minimum absolute atomic E-state index is 0.0186. The number of carboxylic acids is 1. The van der Waals surface area contributed by atoms with E-state index in [1.54, 1.807) is 6.92 Å². The lowest BCUT2D eigenvalue weighted by atomic mass is 9.92. The van der Waals surface area contributed by atoms with Gasteiger partial charge in [0.1, 0.15) is 11.4 Å². The number of hydrogen-bond acceptors (Lipinski definition) is 3. The van der Waals surface area contributed by atoms with Crippen LogP contribution in [0, 0.1) is 6.92 Å². The Hall–Kier alpha value is -1.91. The number of Topliss-reactive ketones (excluding diaryl/α,β-unsaturated/α-hetero) is 1.